The van der Waals surface area contributed by atoms with Gasteiger partial charge in [-0.2, -0.15) is 0 Å². The highest BCUT2D eigenvalue weighted by Crippen LogP contribution is 2.24. The second-order valence-electron chi connectivity index (χ2n) is 4.12. The van der Waals surface area contributed by atoms with E-state index in [9.17, 15) is 4.79 Å². The smallest absolute Gasteiger partial charge is 0.354 e. The second kappa shape index (κ2) is 5.79. The normalized spacial score (nSPS) is 12.1. The molecule has 0 aliphatic heterocycles. The molecule has 100 valence electrons. The molecule has 0 spiro atoms. The van der Waals surface area contributed by atoms with Crippen LogP contribution in [0.15, 0.2) is 24.5 Å². The van der Waals surface area contributed by atoms with E-state index in [1.807, 2.05) is 13.1 Å². The molecule has 0 bridgehead atoms. The van der Waals surface area contributed by atoms with Gasteiger partial charge in [-0.3, -0.25) is 0 Å². The average molecular weight is 277 g/mol. The number of nitrogens with one attached hydrogen (secondary N) is 1. The second-order valence-corrected chi connectivity index (χ2v) is 5.27. The maximum absolute atomic E-state index is 10.9. The molecule has 0 aliphatic carbocycles. The zero-order valence-corrected chi connectivity index (χ0v) is 11.6. The van der Waals surface area contributed by atoms with E-state index in [2.05, 4.69) is 22.2 Å². The summed E-state index contributed by atoms with van der Waals surface area (Å²) in [6.45, 7) is 4.09. The molecular formula is C13H15N3O2S. The highest BCUT2D eigenvalue weighted by Gasteiger charge is 2.11. The number of aryl methyl sites for hydroxylation is 1. The van der Waals surface area contributed by atoms with Crippen LogP contribution in [0.3, 0.4) is 0 Å². The monoisotopic (exact) mass is 277 g/mol. The van der Waals surface area contributed by atoms with E-state index in [1.165, 1.54) is 17.1 Å². The van der Waals surface area contributed by atoms with Gasteiger partial charge in [-0.15, -0.1) is 11.3 Å². The van der Waals surface area contributed by atoms with E-state index < -0.39 is 5.97 Å². The minimum atomic E-state index is -1.03. The van der Waals surface area contributed by atoms with Crippen LogP contribution in [-0.4, -0.2) is 21.0 Å². The third kappa shape index (κ3) is 3.29. The van der Waals surface area contributed by atoms with Gasteiger partial charge in [0.1, 0.15) is 10.7 Å². The summed E-state index contributed by atoms with van der Waals surface area (Å²) in [5.41, 5.74) is 0.763. The van der Waals surface area contributed by atoms with Gasteiger partial charge in [0.15, 0.2) is 0 Å². The predicted molar refractivity (Wildman–Crippen MR) is 74.7 cm³/mol. The van der Waals surface area contributed by atoms with Gasteiger partial charge in [0, 0.05) is 23.0 Å². The van der Waals surface area contributed by atoms with Crippen LogP contribution in [0.25, 0.3) is 0 Å². The third-order valence-electron chi connectivity index (χ3n) is 2.65. The number of hydrogen-bond donors (Lipinski definition) is 2. The summed E-state index contributed by atoms with van der Waals surface area (Å²) in [6, 6.07) is 3.30. The maximum atomic E-state index is 10.9. The molecule has 2 N–H and O–H groups in total. The number of carboxylic acid groups (broad SMARTS) is 1. The Morgan fingerprint density at radius 3 is 2.95 bits per heavy atom. The Morgan fingerprint density at radius 2 is 2.32 bits per heavy atom. The van der Waals surface area contributed by atoms with Crippen molar-refractivity contribution in [2.45, 2.75) is 26.3 Å². The Bertz CT molecular complexity index is 583. The Labute approximate surface area is 115 Å². The molecule has 0 saturated carbocycles. The number of thiazole rings is 1. The van der Waals surface area contributed by atoms with E-state index in [4.69, 9.17) is 5.11 Å². The Hall–Kier alpha value is -1.95. The first-order valence-corrected chi connectivity index (χ1v) is 6.82. The van der Waals surface area contributed by atoms with E-state index in [0.29, 0.717) is 0 Å². The molecule has 5 nitrogen and oxygen atoms in total. The summed E-state index contributed by atoms with van der Waals surface area (Å²) < 4.78 is 0. The van der Waals surface area contributed by atoms with Gasteiger partial charge >= 0.3 is 5.97 Å². The number of aromatic carboxylic acids is 1. The fourth-order valence-corrected chi connectivity index (χ4v) is 2.49. The number of carbonyl (C=O) groups is 1. The number of anilines is 1. The van der Waals surface area contributed by atoms with Crippen LogP contribution in [0.2, 0.25) is 0 Å². The molecule has 2 rings (SSSR count). The molecule has 6 heteroatoms. The molecule has 19 heavy (non-hydrogen) atoms. The Morgan fingerprint density at radius 1 is 1.53 bits per heavy atom. The highest BCUT2D eigenvalue weighted by molar-refractivity contribution is 7.11. The Balaban J connectivity index is 2.12. The van der Waals surface area contributed by atoms with E-state index in [1.54, 1.807) is 17.4 Å². The standard InChI is InChI=1S/C13H15N3O2S/c1-3-10-7-15-12(19-10)8(2)16-9-4-5-14-11(6-9)13(17)18/h4-8H,3H2,1-2H3,(H,14,16)(H,17,18). The number of hydrogen-bond acceptors (Lipinski definition) is 5. The number of pyridine rings is 1. The number of nitrogens with zero attached hydrogens (tertiary/aromatic N) is 2. The fourth-order valence-electron chi connectivity index (χ4n) is 1.64. The molecule has 2 aromatic rings. The van der Waals surface area contributed by atoms with Crippen LogP contribution >= 0.6 is 11.3 Å². The zero-order chi connectivity index (χ0) is 13.8. The molecule has 2 aromatic heterocycles. The van der Waals surface area contributed by atoms with Gasteiger partial charge in [-0.25, -0.2) is 14.8 Å². The van der Waals surface area contributed by atoms with Crippen molar-refractivity contribution < 1.29 is 9.90 Å². The van der Waals surface area contributed by atoms with Crippen molar-refractivity contribution in [1.82, 2.24) is 9.97 Å². The topological polar surface area (TPSA) is 75.1 Å². The lowest BCUT2D eigenvalue weighted by Gasteiger charge is -2.12. The van der Waals surface area contributed by atoms with Crippen LogP contribution in [-0.2, 0) is 6.42 Å². The number of carboxylic acids is 1. The van der Waals surface area contributed by atoms with Crippen molar-refractivity contribution in [3.05, 3.63) is 40.1 Å². The van der Waals surface area contributed by atoms with Crippen molar-refractivity contribution in [3.8, 4) is 0 Å². The summed E-state index contributed by atoms with van der Waals surface area (Å²) in [5.74, 6) is -1.03. The minimum Gasteiger partial charge on any atom is -0.477 e. The molecule has 0 fully saturated rings. The van der Waals surface area contributed by atoms with Gasteiger partial charge in [0.05, 0.1) is 6.04 Å². The van der Waals surface area contributed by atoms with E-state index >= 15 is 0 Å². The van der Waals surface area contributed by atoms with Crippen LogP contribution in [0.4, 0.5) is 5.69 Å². The van der Waals surface area contributed by atoms with Crippen molar-refractivity contribution in [2.75, 3.05) is 5.32 Å². The molecule has 0 saturated heterocycles. The summed E-state index contributed by atoms with van der Waals surface area (Å²) in [6.07, 6.45) is 4.34. The van der Waals surface area contributed by atoms with E-state index in [-0.39, 0.29) is 11.7 Å². The van der Waals surface area contributed by atoms with Crippen LogP contribution in [0, 0.1) is 0 Å². The molecule has 0 aliphatic rings. The van der Waals surface area contributed by atoms with Crippen LogP contribution < -0.4 is 5.32 Å². The SMILES string of the molecule is CCc1cnc(C(C)Nc2ccnc(C(=O)O)c2)s1. The van der Waals surface area contributed by atoms with Crippen LogP contribution in [0.1, 0.15) is 40.3 Å². The lowest BCUT2D eigenvalue weighted by atomic mass is 10.2. The predicted octanol–water partition coefficient (Wildman–Crippen LogP) is 2.97. The van der Waals surface area contributed by atoms with E-state index in [0.717, 1.165) is 17.1 Å². The van der Waals surface area contributed by atoms with Gasteiger partial charge in [-0.1, -0.05) is 6.92 Å². The highest BCUT2D eigenvalue weighted by atomic mass is 32.1. The first kappa shape index (κ1) is 13.5. The molecule has 0 amide bonds. The summed E-state index contributed by atoms with van der Waals surface area (Å²) >= 11 is 1.67. The first-order chi connectivity index (χ1) is 9.10. The number of rotatable bonds is 5. The lowest BCUT2D eigenvalue weighted by molar-refractivity contribution is 0.0690. The van der Waals surface area contributed by atoms with Crippen molar-refractivity contribution in [2.24, 2.45) is 0 Å². The van der Waals surface area contributed by atoms with Crippen molar-refractivity contribution >= 4 is 23.0 Å². The molecule has 1 atom stereocenters. The average Bonchev–Trinajstić information content (AvgIpc) is 2.88. The first-order valence-electron chi connectivity index (χ1n) is 6.00. The third-order valence-corrected chi connectivity index (χ3v) is 3.98. The van der Waals surface area contributed by atoms with Gasteiger partial charge in [0.25, 0.3) is 0 Å². The number of aromatic nitrogens is 2. The van der Waals surface area contributed by atoms with Gasteiger partial charge in [0.2, 0.25) is 0 Å². The van der Waals surface area contributed by atoms with Gasteiger partial charge in [-0.05, 0) is 25.5 Å². The van der Waals surface area contributed by atoms with Crippen LogP contribution in [0.5, 0.6) is 0 Å². The van der Waals surface area contributed by atoms with Gasteiger partial charge < -0.3 is 10.4 Å². The summed E-state index contributed by atoms with van der Waals surface area (Å²) in [7, 11) is 0. The molecule has 0 aromatic carbocycles. The lowest BCUT2D eigenvalue weighted by Crippen LogP contribution is -2.08. The van der Waals surface area contributed by atoms with Crippen molar-refractivity contribution in [1.29, 1.82) is 0 Å². The zero-order valence-electron chi connectivity index (χ0n) is 10.8. The maximum Gasteiger partial charge on any atom is 0.354 e. The molecule has 2 heterocycles. The van der Waals surface area contributed by atoms with Crippen molar-refractivity contribution in [3.63, 3.8) is 0 Å². The quantitative estimate of drug-likeness (QED) is 0.878. The minimum absolute atomic E-state index is 0.0329. The Kier molecular flexibility index (Phi) is 4.11. The molecule has 1 unspecified atom stereocenters. The fraction of sp³-hybridized carbons (Fsp3) is 0.308. The molecule has 0 radical (unpaired) electrons. The summed E-state index contributed by atoms with van der Waals surface area (Å²) in [5, 5.41) is 13.1. The molecular weight excluding hydrogens is 262 g/mol. The largest absolute Gasteiger partial charge is 0.477 e. The summed E-state index contributed by atoms with van der Waals surface area (Å²) in [4.78, 5) is 20.2.